The second kappa shape index (κ2) is 49.6. The Labute approximate surface area is 443 Å². The van der Waals surface area contributed by atoms with Gasteiger partial charge >= 0.3 is 23.9 Å². The van der Waals surface area contributed by atoms with Gasteiger partial charge in [-0.1, -0.05) is 217 Å². The number of aliphatic carboxylic acids is 1. The van der Waals surface area contributed by atoms with Crippen LogP contribution in [0.4, 0.5) is 0 Å². The summed E-state index contributed by atoms with van der Waals surface area (Å²) in [5, 5.41) is 31.4. The molecule has 1 aliphatic heterocycles. The van der Waals surface area contributed by atoms with Crippen molar-refractivity contribution in [2.75, 3.05) is 13.2 Å². The molecular weight excluding hydrogens is 925 g/mol. The van der Waals surface area contributed by atoms with E-state index in [-0.39, 0.29) is 25.9 Å². The van der Waals surface area contributed by atoms with Gasteiger partial charge in [-0.05, 0) is 77.0 Å². The molecule has 3 N–H and O–H groups in total. The Morgan fingerprint density at radius 2 is 0.849 bits per heavy atom. The van der Waals surface area contributed by atoms with E-state index in [9.17, 15) is 34.5 Å². The molecule has 0 aromatic rings. The highest BCUT2D eigenvalue weighted by atomic mass is 16.7. The van der Waals surface area contributed by atoms with E-state index < -0.39 is 67.3 Å². The van der Waals surface area contributed by atoms with E-state index in [0.717, 1.165) is 109 Å². The van der Waals surface area contributed by atoms with Gasteiger partial charge in [-0.25, -0.2) is 4.79 Å². The maximum Gasteiger partial charge on any atom is 0.335 e. The van der Waals surface area contributed by atoms with Crippen molar-refractivity contribution in [3.05, 3.63) is 48.6 Å². The van der Waals surface area contributed by atoms with Gasteiger partial charge in [0, 0.05) is 19.3 Å². The SMILES string of the molecule is CCC/C=C\C/C=C\CCCCCCCC(=O)OC(COC(=O)CCCCCCCCCCC/C=C\C/C=C\CCCCC)COC1OC(C(=O)O)C(O)C(O)C1OC(=O)CCCCCCCCCCCCC. The fraction of sp³-hybridized carbons (Fsp3) is 0.803. The van der Waals surface area contributed by atoms with Crippen molar-refractivity contribution in [1.29, 1.82) is 0 Å². The predicted octanol–water partition coefficient (Wildman–Crippen LogP) is 15.0. The molecule has 1 aliphatic rings. The summed E-state index contributed by atoms with van der Waals surface area (Å²) in [6.07, 6.45) is 46.6. The summed E-state index contributed by atoms with van der Waals surface area (Å²) in [4.78, 5) is 51.0. The minimum Gasteiger partial charge on any atom is -0.479 e. The molecule has 1 rings (SSSR count). The highest BCUT2D eigenvalue weighted by Gasteiger charge is 2.50. The summed E-state index contributed by atoms with van der Waals surface area (Å²) >= 11 is 0. The molecule has 73 heavy (non-hydrogen) atoms. The zero-order chi connectivity index (χ0) is 53.3. The number of rotatable bonds is 50. The number of carboxylic acid groups (broad SMARTS) is 1. The quantitative estimate of drug-likeness (QED) is 0.0228. The normalized spacial score (nSPS) is 18.6. The number of allylic oxidation sites excluding steroid dienone is 8. The zero-order valence-electron chi connectivity index (χ0n) is 46.4. The first-order valence-corrected chi connectivity index (χ1v) is 29.6. The highest BCUT2D eigenvalue weighted by molar-refractivity contribution is 5.74. The van der Waals surface area contributed by atoms with Gasteiger partial charge in [-0.2, -0.15) is 0 Å². The first kappa shape index (κ1) is 67.7. The third-order valence-electron chi connectivity index (χ3n) is 13.4. The fourth-order valence-corrected chi connectivity index (χ4v) is 8.79. The summed E-state index contributed by atoms with van der Waals surface area (Å²) < 4.78 is 28.4. The Hall–Kier alpha value is -3.32. The van der Waals surface area contributed by atoms with E-state index >= 15 is 0 Å². The predicted molar refractivity (Wildman–Crippen MR) is 294 cm³/mol. The maximum atomic E-state index is 13.1. The van der Waals surface area contributed by atoms with Crippen molar-refractivity contribution in [1.82, 2.24) is 0 Å². The summed E-state index contributed by atoms with van der Waals surface area (Å²) in [7, 11) is 0. The molecule has 0 aromatic carbocycles. The third-order valence-corrected chi connectivity index (χ3v) is 13.4. The first-order valence-electron chi connectivity index (χ1n) is 29.6. The molecule has 1 saturated heterocycles. The molecule has 0 aliphatic carbocycles. The number of ether oxygens (including phenoxy) is 5. The molecule has 6 unspecified atom stereocenters. The maximum absolute atomic E-state index is 13.1. The van der Waals surface area contributed by atoms with E-state index in [1.165, 1.54) is 96.3 Å². The van der Waals surface area contributed by atoms with Crippen LogP contribution in [0.1, 0.15) is 265 Å². The van der Waals surface area contributed by atoms with Crippen LogP contribution in [0, 0.1) is 0 Å². The molecular formula is C61H106O12. The van der Waals surface area contributed by atoms with Crippen LogP contribution in [-0.4, -0.2) is 89.2 Å². The number of unbranched alkanes of at least 4 members (excludes halogenated alkanes) is 28. The lowest BCUT2D eigenvalue weighted by Crippen LogP contribution is -2.61. The van der Waals surface area contributed by atoms with E-state index in [1.54, 1.807) is 0 Å². The van der Waals surface area contributed by atoms with Crippen molar-refractivity contribution < 1.29 is 58.2 Å². The number of hydrogen-bond donors (Lipinski definition) is 3. The average molecular weight is 1030 g/mol. The van der Waals surface area contributed by atoms with Crippen LogP contribution >= 0.6 is 0 Å². The fourth-order valence-electron chi connectivity index (χ4n) is 8.79. The van der Waals surface area contributed by atoms with Crippen LogP contribution in [0.2, 0.25) is 0 Å². The Bertz CT molecular complexity index is 1460. The van der Waals surface area contributed by atoms with Crippen molar-refractivity contribution in [2.24, 2.45) is 0 Å². The van der Waals surface area contributed by atoms with Crippen LogP contribution < -0.4 is 0 Å². The van der Waals surface area contributed by atoms with E-state index in [0.29, 0.717) is 19.3 Å². The van der Waals surface area contributed by atoms with Crippen LogP contribution in [-0.2, 0) is 42.9 Å². The van der Waals surface area contributed by atoms with Crippen molar-refractivity contribution in [2.45, 2.75) is 302 Å². The van der Waals surface area contributed by atoms with Crippen molar-refractivity contribution >= 4 is 23.9 Å². The number of esters is 3. The van der Waals surface area contributed by atoms with Gasteiger partial charge in [0.05, 0.1) is 6.61 Å². The summed E-state index contributed by atoms with van der Waals surface area (Å²) in [5.74, 6) is -3.13. The Morgan fingerprint density at radius 1 is 0.452 bits per heavy atom. The lowest BCUT2D eigenvalue weighted by Gasteiger charge is -2.40. The molecule has 0 spiro atoms. The molecule has 0 aromatic heterocycles. The second-order valence-corrected chi connectivity index (χ2v) is 20.3. The number of hydrogen-bond acceptors (Lipinski definition) is 11. The Morgan fingerprint density at radius 3 is 1.32 bits per heavy atom. The Kier molecular flexibility index (Phi) is 45.9. The lowest BCUT2D eigenvalue weighted by molar-refractivity contribution is -0.301. The van der Waals surface area contributed by atoms with Crippen LogP contribution in [0.15, 0.2) is 48.6 Å². The van der Waals surface area contributed by atoms with E-state index in [1.807, 2.05) is 0 Å². The molecule has 0 radical (unpaired) electrons. The minimum atomic E-state index is -1.90. The van der Waals surface area contributed by atoms with Crippen molar-refractivity contribution in [3.8, 4) is 0 Å². The monoisotopic (exact) mass is 1030 g/mol. The topological polar surface area (TPSA) is 175 Å². The number of aliphatic hydroxyl groups is 2. The molecule has 12 nitrogen and oxygen atoms in total. The van der Waals surface area contributed by atoms with Crippen LogP contribution in [0.25, 0.3) is 0 Å². The molecule has 6 atom stereocenters. The molecule has 0 amide bonds. The summed E-state index contributed by atoms with van der Waals surface area (Å²) in [6, 6.07) is 0. The molecule has 0 bridgehead atoms. The zero-order valence-corrected chi connectivity index (χ0v) is 46.4. The number of carboxylic acids is 1. The average Bonchev–Trinajstić information content (AvgIpc) is 3.37. The molecule has 422 valence electrons. The number of carbonyl (C=O) groups is 4. The molecule has 1 heterocycles. The Balaban J connectivity index is 2.66. The minimum absolute atomic E-state index is 0.0614. The highest BCUT2D eigenvalue weighted by Crippen LogP contribution is 2.26. The molecule has 12 heteroatoms. The van der Waals surface area contributed by atoms with Gasteiger partial charge in [-0.3, -0.25) is 14.4 Å². The van der Waals surface area contributed by atoms with Gasteiger partial charge in [0.1, 0.15) is 18.8 Å². The largest absolute Gasteiger partial charge is 0.479 e. The second-order valence-electron chi connectivity index (χ2n) is 20.3. The molecule has 1 fully saturated rings. The summed E-state index contributed by atoms with van der Waals surface area (Å²) in [6.45, 7) is 5.88. The third kappa shape index (κ3) is 39.7. The molecule has 0 saturated carbocycles. The van der Waals surface area contributed by atoms with Gasteiger partial charge in [-0.15, -0.1) is 0 Å². The van der Waals surface area contributed by atoms with Gasteiger partial charge in [0.2, 0.25) is 0 Å². The standard InChI is InChI=1S/C61H106O12/c1-4-7-10-13-16-19-22-24-25-26-27-28-29-31-33-35-38-41-44-47-53(62)69-50-52(71-54(63)48-45-42-39-37-34-30-23-20-17-14-11-8-5-2)51-70-61-59(57(66)56(65)58(73-61)60(67)68)72-55(64)49-46-43-40-36-32-21-18-15-12-9-6-3/h11,14,16,19-20,23-25,52,56-59,61,65-66H,4-10,12-13,15,17-18,21-22,26-51H2,1-3H3,(H,67,68)/b14-11-,19-16-,23-20-,25-24-. The van der Waals surface area contributed by atoms with E-state index in [2.05, 4.69) is 69.4 Å². The lowest BCUT2D eigenvalue weighted by atomic mass is 9.98. The van der Waals surface area contributed by atoms with Gasteiger partial charge in [0.25, 0.3) is 0 Å². The van der Waals surface area contributed by atoms with Crippen LogP contribution in [0.3, 0.4) is 0 Å². The van der Waals surface area contributed by atoms with E-state index in [4.69, 9.17) is 23.7 Å². The first-order chi connectivity index (χ1) is 35.6. The number of aliphatic hydroxyl groups excluding tert-OH is 2. The van der Waals surface area contributed by atoms with Crippen molar-refractivity contribution in [3.63, 3.8) is 0 Å². The van der Waals surface area contributed by atoms with Crippen LogP contribution in [0.5, 0.6) is 0 Å². The summed E-state index contributed by atoms with van der Waals surface area (Å²) in [5.41, 5.74) is 0. The smallest absolute Gasteiger partial charge is 0.335 e. The van der Waals surface area contributed by atoms with Gasteiger partial charge in [0.15, 0.2) is 24.6 Å². The number of carbonyl (C=O) groups excluding carboxylic acids is 3. The van der Waals surface area contributed by atoms with Gasteiger partial charge < -0.3 is 39.0 Å².